The highest BCUT2D eigenvalue weighted by Crippen LogP contribution is 2.18. The van der Waals surface area contributed by atoms with Gasteiger partial charge in [-0.2, -0.15) is 0 Å². The topological polar surface area (TPSA) is 347 Å². The molecule has 23 heteroatoms. The van der Waals surface area contributed by atoms with Gasteiger partial charge in [0.15, 0.2) is 5.03 Å². The minimum atomic E-state index is -0.983. The third-order valence-electron chi connectivity index (χ3n) is 10.4. The number of hydrogen-bond donors (Lipinski definition) is 9. The number of nitrogens with two attached hydrogens (primary N) is 2. The first kappa shape index (κ1) is 59.0. The van der Waals surface area contributed by atoms with Crippen LogP contribution in [-0.2, 0) is 56.2 Å². The molecule has 2 aromatic carbocycles. The fourth-order valence-electron chi connectivity index (χ4n) is 6.89. The number of Topliss-reactive ketones (excluding diaryl/α,β-unsaturated/α-hetero) is 1. The van der Waals surface area contributed by atoms with E-state index in [9.17, 15) is 48.5 Å². The van der Waals surface area contributed by atoms with Crippen LogP contribution in [0, 0.1) is 16.0 Å². The number of rotatable bonds is 32. The van der Waals surface area contributed by atoms with Gasteiger partial charge in [0, 0.05) is 69.4 Å². The molecule has 386 valence electrons. The van der Waals surface area contributed by atoms with E-state index in [0.29, 0.717) is 32.2 Å². The van der Waals surface area contributed by atoms with E-state index < -0.39 is 88.8 Å². The Morgan fingerprint density at radius 1 is 0.629 bits per heavy atom. The number of nitrogens with zero attached hydrogens (tertiary/aromatic N) is 2. The number of nitro groups is 1. The number of benzene rings is 2. The SMILES string of the molecule is C[C@H](CC(=O)N[C@@H](C)CC(=O)N[C@@H](C)CC(=O)C[C@@H](CCCCNC(=O)OCc1ccccc1)C(=O)OCc1ccccc1)NC(=O)C[C@@H](C)NC(=O)[C@H](C)NC(=O)[C@@H](N)CCCN=C(N)N[N+](=O)[O-]. The molecule has 0 fully saturated rings. The molecular formula is C47H71N11O12. The average Bonchev–Trinajstić information content (AvgIpc) is 3.28. The molecule has 2 rings (SSSR count). The molecule has 0 aliphatic rings. The van der Waals surface area contributed by atoms with E-state index in [0.717, 1.165) is 11.1 Å². The number of guanidine groups is 1. The molecule has 0 heterocycles. The zero-order valence-electron chi connectivity index (χ0n) is 40.7. The fraction of sp³-hybridized carbons (Fsp3) is 0.553. The van der Waals surface area contributed by atoms with E-state index >= 15 is 0 Å². The Morgan fingerprint density at radius 2 is 1.13 bits per heavy atom. The fourth-order valence-corrected chi connectivity index (χ4v) is 6.89. The molecule has 7 atom stereocenters. The number of aliphatic imine (C=N–C) groups is 1. The molecule has 0 saturated heterocycles. The molecule has 23 nitrogen and oxygen atoms in total. The van der Waals surface area contributed by atoms with Crippen LogP contribution in [-0.4, -0.2) is 108 Å². The molecule has 6 amide bonds. The van der Waals surface area contributed by atoms with E-state index in [1.54, 1.807) is 33.1 Å². The van der Waals surface area contributed by atoms with Crippen molar-refractivity contribution in [2.24, 2.45) is 22.4 Å². The predicted octanol–water partition coefficient (Wildman–Crippen LogP) is 1.69. The molecule has 0 aliphatic heterocycles. The van der Waals surface area contributed by atoms with Gasteiger partial charge < -0.3 is 52.8 Å². The van der Waals surface area contributed by atoms with Crippen LogP contribution in [0.2, 0.25) is 0 Å². The standard InChI is InChI=1S/C47H71N11O12/c1-30(23-38(59)27-37(45(65)69-28-35-15-8-6-9-16-35)19-12-13-21-51-47(66)70-29-36-17-10-7-11-18-36)52-40(60)24-31(2)53-41(61)25-32(3)54-42(62)26-33(4)55-43(63)34(5)56-44(64)39(48)20-14-22-50-46(49)57-58(67)68/h6-11,15-18,30-34,37,39H,12-14,19-29,48H2,1-5H3,(H,51,66)(H,52,60)(H,53,61)(H,54,62)(H,55,63)(H,56,64)(H3,49,50,57)/t30-,31-,32+,33+,34-,37+,39-/m0/s1. The highest BCUT2D eigenvalue weighted by molar-refractivity contribution is 5.90. The Labute approximate surface area is 408 Å². The third-order valence-corrected chi connectivity index (χ3v) is 10.4. The van der Waals surface area contributed by atoms with Gasteiger partial charge >= 0.3 is 12.1 Å². The van der Waals surface area contributed by atoms with Gasteiger partial charge in [-0.05, 0) is 71.4 Å². The molecule has 11 N–H and O–H groups in total. The summed E-state index contributed by atoms with van der Waals surface area (Å²) in [6.45, 7) is 8.56. The molecule has 0 aromatic heterocycles. The maximum Gasteiger partial charge on any atom is 0.407 e. The normalized spacial score (nSPS) is 14.1. The maximum atomic E-state index is 13.2. The molecule has 0 bridgehead atoms. The van der Waals surface area contributed by atoms with Crippen LogP contribution in [0.1, 0.15) is 110 Å². The number of amides is 6. The van der Waals surface area contributed by atoms with Crippen molar-refractivity contribution in [1.29, 1.82) is 0 Å². The summed E-state index contributed by atoms with van der Waals surface area (Å²) in [5.74, 6) is -4.33. The van der Waals surface area contributed by atoms with Crippen molar-refractivity contribution in [3.63, 3.8) is 0 Å². The van der Waals surface area contributed by atoms with E-state index in [2.05, 4.69) is 36.9 Å². The molecule has 2 aromatic rings. The summed E-state index contributed by atoms with van der Waals surface area (Å²) >= 11 is 0. The van der Waals surface area contributed by atoms with Gasteiger partial charge in [-0.15, -0.1) is 0 Å². The Bertz CT molecular complexity index is 2040. The first-order chi connectivity index (χ1) is 33.2. The second kappa shape index (κ2) is 32.6. The van der Waals surface area contributed by atoms with Crippen LogP contribution in [0.15, 0.2) is 65.7 Å². The second-order valence-corrected chi connectivity index (χ2v) is 17.3. The van der Waals surface area contributed by atoms with Crippen molar-refractivity contribution in [2.45, 2.75) is 148 Å². The number of carbonyl (C=O) groups is 8. The van der Waals surface area contributed by atoms with Gasteiger partial charge in [0.05, 0.1) is 12.0 Å². The summed E-state index contributed by atoms with van der Waals surface area (Å²) in [6, 6.07) is 14.1. The number of ether oxygens (including phenoxy) is 2. The zero-order valence-corrected chi connectivity index (χ0v) is 40.7. The predicted molar refractivity (Wildman–Crippen MR) is 258 cm³/mol. The number of unbranched alkanes of at least 4 members (excludes halogenated alkanes) is 1. The highest BCUT2D eigenvalue weighted by Gasteiger charge is 2.26. The number of nitrogens with one attached hydrogen (secondary N) is 7. The Hall–Kier alpha value is -7.17. The average molecular weight is 982 g/mol. The van der Waals surface area contributed by atoms with Crippen LogP contribution >= 0.6 is 0 Å². The maximum absolute atomic E-state index is 13.2. The number of carbonyl (C=O) groups excluding carboxylic acids is 8. The Kier molecular flexibility index (Phi) is 27.4. The van der Waals surface area contributed by atoms with E-state index in [1.165, 1.54) is 6.92 Å². The van der Waals surface area contributed by atoms with Crippen molar-refractivity contribution in [1.82, 2.24) is 37.3 Å². The van der Waals surface area contributed by atoms with Gasteiger partial charge in [-0.3, -0.25) is 33.6 Å². The van der Waals surface area contributed by atoms with Crippen molar-refractivity contribution in [3.8, 4) is 0 Å². The molecule has 0 aliphatic carbocycles. The van der Waals surface area contributed by atoms with Gasteiger partial charge in [-0.25, -0.2) is 19.9 Å². The van der Waals surface area contributed by atoms with Crippen LogP contribution in [0.25, 0.3) is 0 Å². The zero-order chi connectivity index (χ0) is 52.0. The summed E-state index contributed by atoms with van der Waals surface area (Å²) in [5, 5.41) is 25.5. The minimum absolute atomic E-state index is 0.0430. The lowest BCUT2D eigenvalue weighted by molar-refractivity contribution is -0.525. The number of esters is 1. The van der Waals surface area contributed by atoms with Crippen LogP contribution < -0.4 is 48.8 Å². The van der Waals surface area contributed by atoms with Crippen molar-refractivity contribution >= 4 is 53.3 Å². The molecule has 0 radical (unpaired) electrons. The highest BCUT2D eigenvalue weighted by atomic mass is 16.7. The number of ketones is 1. The summed E-state index contributed by atoms with van der Waals surface area (Å²) < 4.78 is 10.8. The lowest BCUT2D eigenvalue weighted by Crippen LogP contribution is -2.52. The van der Waals surface area contributed by atoms with Crippen LogP contribution in [0.5, 0.6) is 0 Å². The monoisotopic (exact) mass is 982 g/mol. The number of hydrogen-bond acceptors (Lipinski definition) is 14. The Morgan fingerprint density at radius 3 is 1.66 bits per heavy atom. The molecule has 0 unspecified atom stereocenters. The molecule has 0 saturated carbocycles. The summed E-state index contributed by atoms with van der Waals surface area (Å²) in [6.07, 6.45) is 0.833. The van der Waals surface area contributed by atoms with Gasteiger partial charge in [0.2, 0.25) is 29.5 Å². The summed E-state index contributed by atoms with van der Waals surface area (Å²) in [7, 11) is 0. The largest absolute Gasteiger partial charge is 0.461 e. The molecular weight excluding hydrogens is 911 g/mol. The lowest BCUT2D eigenvalue weighted by Gasteiger charge is -2.21. The lowest BCUT2D eigenvalue weighted by atomic mass is 9.94. The first-order valence-corrected chi connectivity index (χ1v) is 23.3. The number of hydrazine groups is 1. The van der Waals surface area contributed by atoms with Gasteiger partial charge in [-0.1, -0.05) is 72.5 Å². The summed E-state index contributed by atoms with van der Waals surface area (Å²) in [5.41, 5.74) is 14.6. The quantitative estimate of drug-likeness (QED) is 0.0126. The van der Waals surface area contributed by atoms with E-state index in [4.69, 9.17) is 20.9 Å². The van der Waals surface area contributed by atoms with Crippen LogP contribution in [0.4, 0.5) is 4.79 Å². The minimum Gasteiger partial charge on any atom is -0.461 e. The second-order valence-electron chi connectivity index (χ2n) is 17.3. The van der Waals surface area contributed by atoms with E-state index in [-0.39, 0.29) is 70.0 Å². The first-order valence-electron chi connectivity index (χ1n) is 23.3. The van der Waals surface area contributed by atoms with Crippen LogP contribution in [0.3, 0.4) is 0 Å². The van der Waals surface area contributed by atoms with Crippen molar-refractivity contribution < 1.29 is 52.9 Å². The molecule has 0 spiro atoms. The summed E-state index contributed by atoms with van der Waals surface area (Å²) in [4.78, 5) is 116. The molecule has 70 heavy (non-hydrogen) atoms. The van der Waals surface area contributed by atoms with Gasteiger partial charge in [0.1, 0.15) is 25.0 Å². The number of alkyl carbamates (subject to hydrolysis) is 1. The van der Waals surface area contributed by atoms with Gasteiger partial charge in [0.25, 0.3) is 5.96 Å². The van der Waals surface area contributed by atoms with Crippen molar-refractivity contribution in [3.05, 3.63) is 81.9 Å². The van der Waals surface area contributed by atoms with E-state index in [1.807, 2.05) is 60.7 Å². The Balaban J connectivity index is 1.72. The van der Waals surface area contributed by atoms with Crippen molar-refractivity contribution in [2.75, 3.05) is 13.1 Å². The smallest absolute Gasteiger partial charge is 0.407 e. The third kappa shape index (κ3) is 27.0.